The zero-order chi connectivity index (χ0) is 10.8. The molecule has 6 heteroatoms. The van der Waals surface area contributed by atoms with Crippen LogP contribution in [0.2, 0.25) is 5.02 Å². The van der Waals surface area contributed by atoms with E-state index in [1.54, 1.807) is 16.8 Å². The van der Waals surface area contributed by atoms with Crippen LogP contribution in [0.5, 0.6) is 0 Å². The highest BCUT2D eigenvalue weighted by molar-refractivity contribution is 6.30. The first kappa shape index (κ1) is 10.4. The average molecular weight is 243 g/mol. The molecule has 0 radical (unpaired) electrons. The molecule has 1 aromatic heterocycles. The first-order valence-electron chi connectivity index (χ1n) is 4.37. The summed E-state index contributed by atoms with van der Waals surface area (Å²) in [7, 11) is 0. The van der Waals surface area contributed by atoms with E-state index in [9.17, 15) is 0 Å². The molecule has 78 valence electrons. The molecule has 0 fully saturated rings. The van der Waals surface area contributed by atoms with Gasteiger partial charge in [-0.2, -0.15) is 4.68 Å². The molecule has 0 saturated carbocycles. The van der Waals surface area contributed by atoms with Crippen LogP contribution in [0.15, 0.2) is 24.3 Å². The molecule has 4 nitrogen and oxygen atoms in total. The smallest absolute Gasteiger partial charge is 0.174 e. The van der Waals surface area contributed by atoms with E-state index in [4.69, 9.17) is 23.2 Å². The van der Waals surface area contributed by atoms with Gasteiger partial charge in [0, 0.05) is 5.02 Å². The predicted molar refractivity (Wildman–Crippen MR) is 58.4 cm³/mol. The van der Waals surface area contributed by atoms with Crippen LogP contribution in [0.1, 0.15) is 18.1 Å². The van der Waals surface area contributed by atoms with Gasteiger partial charge < -0.3 is 0 Å². The molecule has 0 saturated heterocycles. The quantitative estimate of drug-likeness (QED) is 0.761. The standard InChI is InChI=1S/C9H8Cl2N4/c1-6(10)9-12-13-14-15(9)8-4-2-3-7(11)5-8/h2-6H,1H3. The van der Waals surface area contributed by atoms with Crippen LogP contribution in [-0.2, 0) is 0 Å². The normalized spacial score (nSPS) is 12.7. The van der Waals surface area contributed by atoms with Gasteiger partial charge in [-0.25, -0.2) is 0 Å². The maximum atomic E-state index is 5.94. The second kappa shape index (κ2) is 4.16. The fourth-order valence-electron chi connectivity index (χ4n) is 1.23. The van der Waals surface area contributed by atoms with Gasteiger partial charge in [0.05, 0.1) is 11.1 Å². The van der Waals surface area contributed by atoms with Gasteiger partial charge in [0.2, 0.25) is 0 Å². The first-order valence-corrected chi connectivity index (χ1v) is 5.18. The van der Waals surface area contributed by atoms with Crippen LogP contribution in [0.4, 0.5) is 0 Å². The lowest BCUT2D eigenvalue weighted by Gasteiger charge is -2.05. The van der Waals surface area contributed by atoms with E-state index in [1.807, 2.05) is 19.1 Å². The van der Waals surface area contributed by atoms with Crippen molar-refractivity contribution in [2.24, 2.45) is 0 Å². The van der Waals surface area contributed by atoms with Gasteiger partial charge in [-0.15, -0.1) is 16.7 Å². The summed E-state index contributed by atoms with van der Waals surface area (Å²) in [6, 6.07) is 7.27. The summed E-state index contributed by atoms with van der Waals surface area (Å²) in [5, 5.41) is 11.7. The largest absolute Gasteiger partial charge is 0.196 e. The first-order chi connectivity index (χ1) is 7.18. The van der Waals surface area contributed by atoms with Gasteiger partial charge in [0.1, 0.15) is 0 Å². The SMILES string of the molecule is CC(Cl)c1nnnn1-c1cccc(Cl)c1. The lowest BCUT2D eigenvalue weighted by atomic mass is 10.3. The molecule has 0 aliphatic rings. The van der Waals surface area contributed by atoms with Crippen molar-refractivity contribution in [2.75, 3.05) is 0 Å². The predicted octanol–water partition coefficient (Wildman–Crippen LogP) is 2.62. The molecule has 15 heavy (non-hydrogen) atoms. The fourth-order valence-corrected chi connectivity index (χ4v) is 1.55. The summed E-state index contributed by atoms with van der Waals surface area (Å²) in [6.45, 7) is 1.81. The van der Waals surface area contributed by atoms with E-state index >= 15 is 0 Å². The van der Waals surface area contributed by atoms with Gasteiger partial charge in [-0.3, -0.25) is 0 Å². The van der Waals surface area contributed by atoms with Gasteiger partial charge in [0.15, 0.2) is 5.82 Å². The molecule has 0 aliphatic heterocycles. The number of tetrazole rings is 1. The third-order valence-electron chi connectivity index (χ3n) is 1.90. The van der Waals surface area contributed by atoms with Crippen LogP contribution in [0.3, 0.4) is 0 Å². The van der Waals surface area contributed by atoms with E-state index in [0.717, 1.165) is 5.69 Å². The number of rotatable bonds is 2. The van der Waals surface area contributed by atoms with Gasteiger partial charge in [-0.1, -0.05) is 17.7 Å². The summed E-state index contributed by atoms with van der Waals surface area (Å²) >= 11 is 11.8. The minimum Gasteiger partial charge on any atom is -0.196 e. The fraction of sp³-hybridized carbons (Fsp3) is 0.222. The minimum atomic E-state index is -0.251. The van der Waals surface area contributed by atoms with Gasteiger partial charge in [0.25, 0.3) is 0 Å². The Labute approximate surface area is 96.8 Å². The number of halogens is 2. The van der Waals surface area contributed by atoms with Crippen LogP contribution in [-0.4, -0.2) is 20.2 Å². The van der Waals surface area contributed by atoms with Gasteiger partial charge >= 0.3 is 0 Å². The number of hydrogen-bond donors (Lipinski definition) is 0. The Bertz CT molecular complexity index is 467. The van der Waals surface area contributed by atoms with E-state index in [-0.39, 0.29) is 5.38 Å². The summed E-state index contributed by atoms with van der Waals surface area (Å²) in [6.07, 6.45) is 0. The summed E-state index contributed by atoms with van der Waals surface area (Å²) in [4.78, 5) is 0. The molecule has 2 aromatic rings. The number of nitrogens with zero attached hydrogens (tertiary/aromatic N) is 4. The average Bonchev–Trinajstić information content (AvgIpc) is 2.65. The zero-order valence-electron chi connectivity index (χ0n) is 7.93. The molecule has 1 heterocycles. The highest BCUT2D eigenvalue weighted by Gasteiger charge is 2.13. The van der Waals surface area contributed by atoms with Crippen molar-refractivity contribution in [1.29, 1.82) is 0 Å². The van der Waals surface area contributed by atoms with Crippen molar-refractivity contribution in [2.45, 2.75) is 12.3 Å². The van der Waals surface area contributed by atoms with Crippen LogP contribution in [0.25, 0.3) is 5.69 Å². The Hall–Kier alpha value is -1.13. The molecule has 0 amide bonds. The van der Waals surface area contributed by atoms with Crippen molar-refractivity contribution in [3.8, 4) is 5.69 Å². The second-order valence-corrected chi connectivity index (χ2v) is 4.14. The van der Waals surface area contributed by atoms with E-state index in [0.29, 0.717) is 10.8 Å². The Kier molecular flexibility index (Phi) is 2.88. The number of aromatic nitrogens is 4. The molecular formula is C9H8Cl2N4. The van der Waals surface area contributed by atoms with E-state index in [2.05, 4.69) is 15.5 Å². The van der Waals surface area contributed by atoms with Gasteiger partial charge in [-0.05, 0) is 35.5 Å². The monoisotopic (exact) mass is 242 g/mol. The van der Waals surface area contributed by atoms with Crippen molar-refractivity contribution in [3.05, 3.63) is 35.1 Å². The topological polar surface area (TPSA) is 43.6 Å². The lowest BCUT2D eigenvalue weighted by molar-refractivity contribution is 0.761. The van der Waals surface area contributed by atoms with Crippen molar-refractivity contribution in [3.63, 3.8) is 0 Å². The third kappa shape index (κ3) is 2.11. The summed E-state index contributed by atoms with van der Waals surface area (Å²) in [5.74, 6) is 0.596. The third-order valence-corrected chi connectivity index (χ3v) is 2.33. The molecular weight excluding hydrogens is 235 g/mol. The molecule has 0 spiro atoms. The van der Waals surface area contributed by atoms with Crippen molar-refractivity contribution in [1.82, 2.24) is 20.2 Å². The minimum absolute atomic E-state index is 0.251. The zero-order valence-corrected chi connectivity index (χ0v) is 9.44. The van der Waals surface area contributed by atoms with Crippen LogP contribution < -0.4 is 0 Å². The molecule has 1 atom stereocenters. The summed E-state index contributed by atoms with van der Waals surface area (Å²) < 4.78 is 1.57. The van der Waals surface area contributed by atoms with Crippen LogP contribution >= 0.6 is 23.2 Å². The molecule has 2 rings (SSSR count). The Morgan fingerprint density at radius 2 is 2.20 bits per heavy atom. The molecule has 0 N–H and O–H groups in total. The second-order valence-electron chi connectivity index (χ2n) is 3.04. The molecule has 1 unspecified atom stereocenters. The van der Waals surface area contributed by atoms with Crippen molar-refractivity contribution >= 4 is 23.2 Å². The molecule has 1 aromatic carbocycles. The summed E-state index contributed by atoms with van der Waals surface area (Å²) in [5.41, 5.74) is 0.801. The molecule has 0 aliphatic carbocycles. The van der Waals surface area contributed by atoms with E-state index in [1.165, 1.54) is 0 Å². The molecule has 0 bridgehead atoms. The highest BCUT2D eigenvalue weighted by Crippen LogP contribution is 2.20. The van der Waals surface area contributed by atoms with E-state index < -0.39 is 0 Å². The van der Waals surface area contributed by atoms with Crippen molar-refractivity contribution < 1.29 is 0 Å². The lowest BCUT2D eigenvalue weighted by Crippen LogP contribution is -2.03. The Morgan fingerprint density at radius 3 is 2.87 bits per heavy atom. The number of hydrogen-bond acceptors (Lipinski definition) is 3. The Balaban J connectivity index is 2.49. The maximum Gasteiger partial charge on any atom is 0.174 e. The highest BCUT2D eigenvalue weighted by atomic mass is 35.5. The number of benzene rings is 1. The number of alkyl halides is 1. The van der Waals surface area contributed by atoms with Crippen LogP contribution in [0, 0.1) is 0 Å². The Morgan fingerprint density at radius 1 is 1.40 bits per heavy atom. The maximum absolute atomic E-state index is 5.94.